The molecule has 0 saturated carbocycles. The van der Waals surface area contributed by atoms with Gasteiger partial charge in [0.15, 0.2) is 0 Å². The summed E-state index contributed by atoms with van der Waals surface area (Å²) in [5.74, 6) is 1.75. The summed E-state index contributed by atoms with van der Waals surface area (Å²) >= 11 is 6.19. The zero-order valence-corrected chi connectivity index (χ0v) is 11.9. The molecular weight excluding hydrogens is 248 g/mol. The predicted molar refractivity (Wildman–Crippen MR) is 75.5 cm³/mol. The zero-order valence-electron chi connectivity index (χ0n) is 11.1. The number of hydrogen-bond acceptors (Lipinski definition) is 2. The van der Waals surface area contributed by atoms with Gasteiger partial charge in [-0.15, -0.1) is 11.6 Å². The van der Waals surface area contributed by atoms with Crippen molar-refractivity contribution < 1.29 is 4.74 Å². The molecule has 2 aromatic rings. The Morgan fingerprint density at radius 1 is 1.39 bits per heavy atom. The number of halogens is 1. The summed E-state index contributed by atoms with van der Waals surface area (Å²) < 4.78 is 7.89. The molecule has 0 bridgehead atoms. The van der Waals surface area contributed by atoms with Crippen LogP contribution in [0.1, 0.15) is 38.4 Å². The minimum Gasteiger partial charge on any atom is -0.491 e. The van der Waals surface area contributed by atoms with Crippen molar-refractivity contribution in [2.45, 2.75) is 39.1 Å². The first-order valence-electron chi connectivity index (χ1n) is 6.45. The second-order valence-corrected chi connectivity index (χ2v) is 4.96. The topological polar surface area (TPSA) is 27.1 Å². The van der Waals surface area contributed by atoms with E-state index in [9.17, 15) is 0 Å². The number of hydrogen-bond donors (Lipinski definition) is 0. The second kappa shape index (κ2) is 5.61. The second-order valence-electron chi connectivity index (χ2n) is 4.30. The molecule has 1 unspecified atom stereocenters. The van der Waals surface area contributed by atoms with Gasteiger partial charge < -0.3 is 9.30 Å². The molecule has 0 N–H and O–H groups in total. The summed E-state index contributed by atoms with van der Waals surface area (Å²) in [5.41, 5.74) is 2.00. The van der Waals surface area contributed by atoms with E-state index in [4.69, 9.17) is 16.3 Å². The van der Waals surface area contributed by atoms with Gasteiger partial charge in [0.25, 0.3) is 0 Å². The zero-order chi connectivity index (χ0) is 13.1. The number of aryl methyl sites for hydroxylation is 1. The van der Waals surface area contributed by atoms with Gasteiger partial charge in [-0.3, -0.25) is 0 Å². The lowest BCUT2D eigenvalue weighted by atomic mass is 10.3. The Labute approximate surface area is 113 Å². The molecule has 1 atom stereocenters. The van der Waals surface area contributed by atoms with Crippen LogP contribution in [-0.2, 0) is 6.54 Å². The highest BCUT2D eigenvalue weighted by Gasteiger charge is 2.16. The van der Waals surface area contributed by atoms with E-state index in [-0.39, 0.29) is 5.38 Å². The maximum absolute atomic E-state index is 6.19. The molecule has 1 aromatic heterocycles. The molecule has 0 aliphatic carbocycles. The molecule has 3 nitrogen and oxygen atoms in total. The number of nitrogens with zero attached hydrogens (tertiary/aromatic N) is 2. The number of aromatic nitrogens is 2. The van der Waals surface area contributed by atoms with Crippen LogP contribution in [-0.4, -0.2) is 16.2 Å². The molecule has 2 rings (SSSR count). The summed E-state index contributed by atoms with van der Waals surface area (Å²) in [4.78, 5) is 4.64. The van der Waals surface area contributed by atoms with E-state index >= 15 is 0 Å². The van der Waals surface area contributed by atoms with Crippen molar-refractivity contribution in [3.63, 3.8) is 0 Å². The minimum absolute atomic E-state index is 0.101. The highest BCUT2D eigenvalue weighted by atomic mass is 35.5. The Balaban J connectivity index is 2.56. The first-order chi connectivity index (χ1) is 8.69. The molecule has 0 aliphatic heterocycles. The van der Waals surface area contributed by atoms with Crippen molar-refractivity contribution in [1.82, 2.24) is 9.55 Å². The SMILES string of the molecule is CCCOc1cccc2c1nc(C(C)Cl)n2CC. The van der Waals surface area contributed by atoms with Gasteiger partial charge in [-0.2, -0.15) is 0 Å². The molecule has 1 heterocycles. The molecule has 0 amide bonds. The van der Waals surface area contributed by atoms with Gasteiger partial charge in [0.2, 0.25) is 0 Å². The summed E-state index contributed by atoms with van der Waals surface area (Å²) in [6.45, 7) is 7.71. The molecule has 0 radical (unpaired) electrons. The quantitative estimate of drug-likeness (QED) is 0.761. The summed E-state index contributed by atoms with van der Waals surface area (Å²) in [6.07, 6.45) is 0.990. The van der Waals surface area contributed by atoms with Crippen LogP contribution in [0, 0.1) is 0 Å². The van der Waals surface area contributed by atoms with E-state index in [1.165, 1.54) is 0 Å². The summed E-state index contributed by atoms with van der Waals surface area (Å²) in [6, 6.07) is 6.03. The van der Waals surface area contributed by atoms with Crippen molar-refractivity contribution in [2.24, 2.45) is 0 Å². The standard InChI is InChI=1S/C14H19ClN2O/c1-4-9-18-12-8-6-7-11-13(12)16-14(10(3)15)17(11)5-2/h6-8,10H,4-5,9H2,1-3H3. The first kappa shape index (κ1) is 13.2. The average molecular weight is 267 g/mol. The van der Waals surface area contributed by atoms with Crippen LogP contribution in [0.25, 0.3) is 11.0 Å². The predicted octanol–water partition coefficient (Wildman–Crippen LogP) is 4.14. The third kappa shape index (κ3) is 2.32. The fourth-order valence-corrected chi connectivity index (χ4v) is 2.27. The largest absolute Gasteiger partial charge is 0.491 e. The van der Waals surface area contributed by atoms with Crippen LogP contribution >= 0.6 is 11.6 Å². The van der Waals surface area contributed by atoms with E-state index in [1.54, 1.807) is 0 Å². The number of para-hydroxylation sites is 1. The van der Waals surface area contributed by atoms with Crippen molar-refractivity contribution in [1.29, 1.82) is 0 Å². The normalized spacial score (nSPS) is 12.9. The number of imidazole rings is 1. The molecule has 0 fully saturated rings. The van der Waals surface area contributed by atoms with Crippen molar-refractivity contribution >= 4 is 22.6 Å². The molecule has 4 heteroatoms. The lowest BCUT2D eigenvalue weighted by Crippen LogP contribution is -2.01. The van der Waals surface area contributed by atoms with Gasteiger partial charge in [-0.1, -0.05) is 13.0 Å². The van der Waals surface area contributed by atoms with Crippen LogP contribution in [0.4, 0.5) is 0 Å². The van der Waals surface area contributed by atoms with Crippen LogP contribution < -0.4 is 4.74 Å². The van der Waals surface area contributed by atoms with Gasteiger partial charge in [0.1, 0.15) is 17.1 Å². The van der Waals surface area contributed by atoms with E-state index in [0.717, 1.165) is 35.6 Å². The monoisotopic (exact) mass is 266 g/mol. The maximum atomic E-state index is 6.19. The Kier molecular flexibility index (Phi) is 4.12. The highest BCUT2D eigenvalue weighted by Crippen LogP contribution is 2.30. The summed E-state index contributed by atoms with van der Waals surface area (Å²) in [7, 11) is 0. The lowest BCUT2D eigenvalue weighted by Gasteiger charge is -2.07. The molecule has 0 saturated heterocycles. The number of ether oxygens (including phenoxy) is 1. The lowest BCUT2D eigenvalue weighted by molar-refractivity contribution is 0.320. The Hall–Kier alpha value is -1.22. The Morgan fingerprint density at radius 2 is 2.17 bits per heavy atom. The molecule has 1 aromatic carbocycles. The van der Waals surface area contributed by atoms with Crippen LogP contribution in [0.15, 0.2) is 18.2 Å². The van der Waals surface area contributed by atoms with Gasteiger partial charge in [0, 0.05) is 6.54 Å². The molecule has 0 spiro atoms. The van der Waals surface area contributed by atoms with E-state index in [2.05, 4.69) is 29.5 Å². The number of fused-ring (bicyclic) bond motifs is 1. The van der Waals surface area contributed by atoms with Gasteiger partial charge in [0.05, 0.1) is 17.5 Å². The smallest absolute Gasteiger partial charge is 0.147 e. The number of benzene rings is 1. The van der Waals surface area contributed by atoms with Gasteiger partial charge in [-0.05, 0) is 32.4 Å². The third-order valence-corrected chi connectivity index (χ3v) is 3.10. The van der Waals surface area contributed by atoms with Gasteiger partial charge >= 0.3 is 0 Å². The first-order valence-corrected chi connectivity index (χ1v) is 6.88. The van der Waals surface area contributed by atoms with Crippen LogP contribution in [0.2, 0.25) is 0 Å². The Morgan fingerprint density at radius 3 is 2.78 bits per heavy atom. The van der Waals surface area contributed by atoms with E-state index < -0.39 is 0 Å². The van der Waals surface area contributed by atoms with E-state index in [1.807, 2.05) is 19.1 Å². The van der Waals surface area contributed by atoms with E-state index in [0.29, 0.717) is 6.61 Å². The molecular formula is C14H19ClN2O. The average Bonchev–Trinajstić information content (AvgIpc) is 2.75. The summed E-state index contributed by atoms with van der Waals surface area (Å²) in [5, 5.41) is -0.101. The van der Waals surface area contributed by atoms with Crippen molar-refractivity contribution in [2.75, 3.05) is 6.61 Å². The Bertz CT molecular complexity index is 534. The van der Waals surface area contributed by atoms with Crippen LogP contribution in [0.5, 0.6) is 5.75 Å². The maximum Gasteiger partial charge on any atom is 0.147 e. The third-order valence-electron chi connectivity index (χ3n) is 2.91. The van der Waals surface area contributed by atoms with Crippen molar-refractivity contribution in [3.05, 3.63) is 24.0 Å². The fourth-order valence-electron chi connectivity index (χ4n) is 2.10. The molecule has 98 valence electrons. The molecule has 18 heavy (non-hydrogen) atoms. The van der Waals surface area contributed by atoms with Crippen LogP contribution in [0.3, 0.4) is 0 Å². The fraction of sp³-hybridized carbons (Fsp3) is 0.500. The minimum atomic E-state index is -0.101. The number of alkyl halides is 1. The van der Waals surface area contributed by atoms with Gasteiger partial charge in [-0.25, -0.2) is 4.98 Å². The molecule has 0 aliphatic rings. The highest BCUT2D eigenvalue weighted by molar-refractivity contribution is 6.20. The number of rotatable bonds is 5. The van der Waals surface area contributed by atoms with Crippen molar-refractivity contribution in [3.8, 4) is 5.75 Å².